The molecule has 0 fully saturated rings. The summed E-state index contributed by atoms with van der Waals surface area (Å²) in [6.07, 6.45) is 1.72. The van der Waals surface area contributed by atoms with Crippen LogP contribution in [0.5, 0.6) is 5.75 Å². The number of methoxy groups -OCH3 is 1. The van der Waals surface area contributed by atoms with Gasteiger partial charge in [0.2, 0.25) is 0 Å². The lowest BCUT2D eigenvalue weighted by atomic mass is 10.0. The highest BCUT2D eigenvalue weighted by atomic mass is 16.6. The third-order valence-corrected chi connectivity index (χ3v) is 3.27. The number of hydrogen-bond donors (Lipinski definition) is 0. The second-order valence-electron chi connectivity index (χ2n) is 4.70. The third-order valence-electron chi connectivity index (χ3n) is 3.27. The zero-order valence-electron chi connectivity index (χ0n) is 12.2. The van der Waals surface area contributed by atoms with E-state index in [1.54, 1.807) is 31.4 Å². The van der Waals surface area contributed by atoms with E-state index in [-0.39, 0.29) is 5.69 Å². The average Bonchev–Trinajstić information content (AvgIpc) is 2.53. The quantitative estimate of drug-likeness (QED) is 0.370. The van der Waals surface area contributed by atoms with E-state index in [9.17, 15) is 15.4 Å². The van der Waals surface area contributed by atoms with Gasteiger partial charge in [0.1, 0.15) is 5.75 Å². The Kier molecular flexibility index (Phi) is 4.54. The number of benzene rings is 2. The van der Waals surface area contributed by atoms with Gasteiger partial charge in [-0.3, -0.25) is 10.1 Å². The van der Waals surface area contributed by atoms with E-state index in [2.05, 4.69) is 6.07 Å². The predicted molar refractivity (Wildman–Crippen MR) is 84.3 cm³/mol. The molecule has 2 rings (SSSR count). The molecule has 110 valence electrons. The van der Waals surface area contributed by atoms with Crippen LogP contribution in [-0.2, 0) is 0 Å². The molecule has 0 heterocycles. The number of nitro benzene ring substituents is 1. The van der Waals surface area contributed by atoms with Crippen molar-refractivity contribution in [1.82, 2.24) is 0 Å². The molecule has 0 aromatic heterocycles. The van der Waals surface area contributed by atoms with Crippen molar-refractivity contribution in [3.63, 3.8) is 0 Å². The minimum atomic E-state index is -0.475. The van der Waals surface area contributed by atoms with Crippen LogP contribution in [0.15, 0.2) is 42.5 Å². The molecule has 0 atom stereocenters. The number of aryl methyl sites for hydroxylation is 1. The van der Waals surface area contributed by atoms with Crippen molar-refractivity contribution in [2.24, 2.45) is 0 Å². The normalized spacial score (nSPS) is 10.9. The summed E-state index contributed by atoms with van der Waals surface area (Å²) in [6, 6.07) is 13.7. The van der Waals surface area contributed by atoms with Gasteiger partial charge in [-0.15, -0.1) is 0 Å². The van der Waals surface area contributed by atoms with Gasteiger partial charge in [0.15, 0.2) is 0 Å². The van der Waals surface area contributed by atoms with E-state index >= 15 is 0 Å². The maximum absolute atomic E-state index is 10.8. The van der Waals surface area contributed by atoms with Gasteiger partial charge < -0.3 is 4.74 Å². The van der Waals surface area contributed by atoms with Crippen LogP contribution in [-0.4, -0.2) is 12.0 Å². The fourth-order valence-electron chi connectivity index (χ4n) is 2.06. The topological polar surface area (TPSA) is 76.2 Å². The van der Waals surface area contributed by atoms with Crippen LogP contribution in [0, 0.1) is 28.4 Å². The van der Waals surface area contributed by atoms with Gasteiger partial charge >= 0.3 is 0 Å². The number of non-ortho nitro benzene ring substituents is 1. The zero-order chi connectivity index (χ0) is 16.1. The molecule has 0 saturated heterocycles. The summed E-state index contributed by atoms with van der Waals surface area (Å²) in [6.45, 7) is 1.91. The Labute approximate surface area is 128 Å². The van der Waals surface area contributed by atoms with Crippen molar-refractivity contribution < 1.29 is 9.66 Å². The lowest BCUT2D eigenvalue weighted by Gasteiger charge is -2.05. The molecular formula is C17H14N2O3. The summed E-state index contributed by atoms with van der Waals surface area (Å²) in [4.78, 5) is 10.4. The molecule has 5 heteroatoms. The van der Waals surface area contributed by atoms with Crippen LogP contribution in [0.25, 0.3) is 11.6 Å². The second-order valence-corrected chi connectivity index (χ2v) is 4.70. The molecule has 0 spiro atoms. The Morgan fingerprint density at radius 2 is 2.09 bits per heavy atom. The highest BCUT2D eigenvalue weighted by molar-refractivity contribution is 5.90. The SMILES string of the molecule is COc1ccc(C=C(C#N)c2cccc([N+](=O)[O-])c2)c(C)c1. The Hall–Kier alpha value is -3.13. The molecular weight excluding hydrogens is 280 g/mol. The van der Waals surface area contributed by atoms with Gasteiger partial charge in [-0.05, 0) is 41.8 Å². The minimum Gasteiger partial charge on any atom is -0.497 e. The maximum Gasteiger partial charge on any atom is 0.270 e. The number of nitriles is 1. The molecule has 0 N–H and O–H groups in total. The third kappa shape index (κ3) is 3.30. The molecule has 2 aromatic rings. The lowest BCUT2D eigenvalue weighted by molar-refractivity contribution is -0.384. The number of hydrogen-bond acceptors (Lipinski definition) is 4. The van der Waals surface area contributed by atoms with Crippen molar-refractivity contribution in [2.45, 2.75) is 6.92 Å². The van der Waals surface area contributed by atoms with E-state index < -0.39 is 4.92 Å². The maximum atomic E-state index is 10.8. The summed E-state index contributed by atoms with van der Waals surface area (Å²) < 4.78 is 5.15. The van der Waals surface area contributed by atoms with Gasteiger partial charge in [0, 0.05) is 12.1 Å². The first kappa shape index (κ1) is 15.3. The van der Waals surface area contributed by atoms with Gasteiger partial charge in [0.05, 0.1) is 23.7 Å². The fraction of sp³-hybridized carbons (Fsp3) is 0.118. The van der Waals surface area contributed by atoms with Crippen molar-refractivity contribution in [1.29, 1.82) is 5.26 Å². The van der Waals surface area contributed by atoms with Crippen LogP contribution < -0.4 is 4.74 Å². The summed E-state index contributed by atoms with van der Waals surface area (Å²) in [5.74, 6) is 0.739. The predicted octanol–water partition coefficient (Wildman–Crippen LogP) is 3.98. The van der Waals surface area contributed by atoms with Crippen LogP contribution in [0.3, 0.4) is 0 Å². The number of allylic oxidation sites excluding steroid dienone is 1. The molecule has 0 unspecified atom stereocenters. The van der Waals surface area contributed by atoms with E-state index in [1.165, 1.54) is 12.1 Å². The lowest BCUT2D eigenvalue weighted by Crippen LogP contribution is -1.90. The summed E-state index contributed by atoms with van der Waals surface area (Å²) in [5.41, 5.74) is 2.68. The Morgan fingerprint density at radius 3 is 2.68 bits per heavy atom. The summed E-state index contributed by atoms with van der Waals surface area (Å²) >= 11 is 0. The van der Waals surface area contributed by atoms with Crippen molar-refractivity contribution in [3.05, 3.63) is 69.3 Å². The van der Waals surface area contributed by atoms with E-state index in [0.29, 0.717) is 11.1 Å². The zero-order valence-corrected chi connectivity index (χ0v) is 12.2. The van der Waals surface area contributed by atoms with Gasteiger partial charge in [-0.1, -0.05) is 18.2 Å². The van der Waals surface area contributed by atoms with Crippen LogP contribution >= 0.6 is 0 Å². The summed E-state index contributed by atoms with van der Waals surface area (Å²) in [7, 11) is 1.59. The number of ether oxygens (including phenoxy) is 1. The molecule has 0 aliphatic heterocycles. The van der Waals surface area contributed by atoms with Crippen LogP contribution in [0.1, 0.15) is 16.7 Å². The highest BCUT2D eigenvalue weighted by Crippen LogP contribution is 2.24. The number of nitrogens with zero attached hydrogens (tertiary/aromatic N) is 2. The largest absolute Gasteiger partial charge is 0.497 e. The van der Waals surface area contributed by atoms with Crippen LogP contribution in [0.4, 0.5) is 5.69 Å². The molecule has 0 amide bonds. The Balaban J connectivity index is 2.46. The molecule has 5 nitrogen and oxygen atoms in total. The second kappa shape index (κ2) is 6.55. The first-order valence-corrected chi connectivity index (χ1v) is 6.56. The molecule has 0 radical (unpaired) electrons. The van der Waals surface area contributed by atoms with Gasteiger partial charge in [0.25, 0.3) is 5.69 Å². The van der Waals surface area contributed by atoms with E-state index in [0.717, 1.165) is 16.9 Å². The van der Waals surface area contributed by atoms with Gasteiger partial charge in [-0.2, -0.15) is 5.26 Å². The monoisotopic (exact) mass is 294 g/mol. The van der Waals surface area contributed by atoms with Crippen molar-refractivity contribution in [3.8, 4) is 11.8 Å². The van der Waals surface area contributed by atoms with Crippen LogP contribution in [0.2, 0.25) is 0 Å². The van der Waals surface area contributed by atoms with E-state index in [4.69, 9.17) is 4.74 Å². The Morgan fingerprint density at radius 1 is 1.32 bits per heavy atom. The fourth-order valence-corrected chi connectivity index (χ4v) is 2.06. The first-order chi connectivity index (χ1) is 10.5. The van der Waals surface area contributed by atoms with Gasteiger partial charge in [-0.25, -0.2) is 0 Å². The molecule has 0 saturated carbocycles. The summed E-state index contributed by atoms with van der Waals surface area (Å²) in [5, 5.41) is 20.2. The minimum absolute atomic E-state index is 0.0369. The van der Waals surface area contributed by atoms with Crippen molar-refractivity contribution in [2.75, 3.05) is 7.11 Å². The molecule has 0 aliphatic carbocycles. The van der Waals surface area contributed by atoms with Crippen molar-refractivity contribution >= 4 is 17.3 Å². The average molecular weight is 294 g/mol. The molecule has 22 heavy (non-hydrogen) atoms. The smallest absolute Gasteiger partial charge is 0.270 e. The molecule has 0 aliphatic rings. The van der Waals surface area contributed by atoms with E-state index in [1.807, 2.05) is 19.1 Å². The molecule has 0 bridgehead atoms. The molecule has 2 aromatic carbocycles. The number of rotatable bonds is 4. The first-order valence-electron chi connectivity index (χ1n) is 6.56. The highest BCUT2D eigenvalue weighted by Gasteiger charge is 2.09. The standard InChI is InChI=1S/C17H14N2O3/c1-12-8-17(22-2)7-6-13(12)9-15(11-18)14-4-3-5-16(10-14)19(20)21/h3-10H,1-2H3. The number of nitro groups is 1. The Bertz CT molecular complexity index is 789.